The third kappa shape index (κ3) is 3.53. The maximum atomic E-state index is 5.89. The summed E-state index contributed by atoms with van der Waals surface area (Å²) in [5.41, 5.74) is 5.91. The second-order valence-electron chi connectivity index (χ2n) is 8.83. The van der Waals surface area contributed by atoms with Crippen LogP contribution in [0.4, 0.5) is 0 Å². The molecular formula is C25H29N5S. The highest BCUT2D eigenvalue weighted by Crippen LogP contribution is 2.44. The lowest BCUT2D eigenvalue weighted by molar-refractivity contribution is 0.245. The molecule has 1 aliphatic heterocycles. The predicted octanol–water partition coefficient (Wildman–Crippen LogP) is 5.11. The van der Waals surface area contributed by atoms with Gasteiger partial charge >= 0.3 is 0 Å². The molecule has 6 heteroatoms. The summed E-state index contributed by atoms with van der Waals surface area (Å²) in [6.07, 6.45) is 8.75. The Bertz CT molecular complexity index is 1080. The van der Waals surface area contributed by atoms with Gasteiger partial charge in [0.15, 0.2) is 5.11 Å². The maximum absolute atomic E-state index is 5.89. The summed E-state index contributed by atoms with van der Waals surface area (Å²) in [7, 11) is 0. The first-order chi connectivity index (χ1) is 15.0. The molecule has 31 heavy (non-hydrogen) atoms. The number of hydrogen-bond donors (Lipinski definition) is 1. The molecule has 0 unspecified atom stereocenters. The molecule has 0 amide bonds. The summed E-state index contributed by atoms with van der Waals surface area (Å²) < 4.78 is 2.26. The largest absolute Gasteiger partial charge is 0.352 e. The van der Waals surface area contributed by atoms with Crippen molar-refractivity contribution in [2.24, 2.45) is 0 Å². The Morgan fingerprint density at radius 1 is 1.03 bits per heavy atom. The van der Waals surface area contributed by atoms with Crippen LogP contribution in [-0.2, 0) is 0 Å². The van der Waals surface area contributed by atoms with Crippen LogP contribution in [0.2, 0.25) is 0 Å². The fourth-order valence-corrected chi connectivity index (χ4v) is 5.70. The monoisotopic (exact) mass is 431 g/mol. The normalized spacial score (nSPS) is 21.6. The average molecular weight is 432 g/mol. The van der Waals surface area contributed by atoms with E-state index in [-0.39, 0.29) is 12.1 Å². The topological polar surface area (TPSA) is 46.0 Å². The van der Waals surface area contributed by atoms with Gasteiger partial charge in [-0.1, -0.05) is 25.0 Å². The van der Waals surface area contributed by atoms with E-state index in [0.717, 1.165) is 16.6 Å². The third-order valence-electron chi connectivity index (χ3n) is 6.77. The molecule has 1 N–H and O–H groups in total. The number of aryl methyl sites for hydroxylation is 2. The van der Waals surface area contributed by atoms with Gasteiger partial charge in [0.2, 0.25) is 0 Å². The smallest absolute Gasteiger partial charge is 0.170 e. The maximum Gasteiger partial charge on any atom is 0.170 e. The van der Waals surface area contributed by atoms with Gasteiger partial charge in [-0.2, -0.15) is 0 Å². The second-order valence-corrected chi connectivity index (χ2v) is 9.21. The molecule has 3 aromatic rings. The van der Waals surface area contributed by atoms with E-state index in [4.69, 9.17) is 22.2 Å². The molecule has 5 nitrogen and oxygen atoms in total. The second kappa shape index (κ2) is 8.08. The minimum Gasteiger partial charge on any atom is -0.352 e. The van der Waals surface area contributed by atoms with Crippen molar-refractivity contribution in [1.29, 1.82) is 0 Å². The fraction of sp³-hybridized carbons (Fsp3) is 0.400. The molecule has 3 aromatic heterocycles. The third-order valence-corrected chi connectivity index (χ3v) is 7.10. The molecule has 2 aliphatic rings. The van der Waals surface area contributed by atoms with Crippen molar-refractivity contribution in [3.8, 4) is 5.82 Å². The Kier molecular flexibility index (Phi) is 5.26. The van der Waals surface area contributed by atoms with Gasteiger partial charge in [-0.3, -0.25) is 4.98 Å². The molecular weight excluding hydrogens is 402 g/mol. The summed E-state index contributed by atoms with van der Waals surface area (Å²) in [6, 6.07) is 13.3. The minimum absolute atomic E-state index is 0.0363. The molecule has 5 rings (SSSR count). The Hall–Kier alpha value is -2.73. The Morgan fingerprint density at radius 3 is 2.52 bits per heavy atom. The van der Waals surface area contributed by atoms with Gasteiger partial charge in [0.05, 0.1) is 17.8 Å². The lowest BCUT2D eigenvalue weighted by Crippen LogP contribution is -2.37. The van der Waals surface area contributed by atoms with Crippen LogP contribution in [0.1, 0.15) is 66.0 Å². The molecule has 160 valence electrons. The van der Waals surface area contributed by atoms with Crippen molar-refractivity contribution in [1.82, 2.24) is 24.8 Å². The number of nitrogens with one attached hydrogen (secondary N) is 1. The van der Waals surface area contributed by atoms with Crippen molar-refractivity contribution in [2.45, 2.75) is 64.6 Å². The molecule has 1 saturated carbocycles. The Labute approximate surface area is 189 Å². The SMILES string of the molecule is Cc1ccc(-n2c(C)cc([C@@H]3[C@H](c4ccccn4)NC(=S)N3C3CCCC3)c2C)nc1. The lowest BCUT2D eigenvalue weighted by atomic mass is 9.95. The Morgan fingerprint density at radius 2 is 1.84 bits per heavy atom. The van der Waals surface area contributed by atoms with Crippen LogP contribution in [0.3, 0.4) is 0 Å². The van der Waals surface area contributed by atoms with E-state index in [0.29, 0.717) is 6.04 Å². The van der Waals surface area contributed by atoms with Crippen molar-refractivity contribution in [2.75, 3.05) is 0 Å². The van der Waals surface area contributed by atoms with Crippen LogP contribution >= 0.6 is 12.2 Å². The minimum atomic E-state index is 0.0363. The summed E-state index contributed by atoms with van der Waals surface area (Å²) in [5.74, 6) is 0.960. The molecule has 2 atom stereocenters. The highest BCUT2D eigenvalue weighted by Gasteiger charge is 2.44. The number of rotatable bonds is 4. The van der Waals surface area contributed by atoms with Crippen LogP contribution in [0.5, 0.6) is 0 Å². The zero-order valence-corrected chi connectivity index (χ0v) is 19.2. The van der Waals surface area contributed by atoms with E-state index in [1.54, 1.807) is 0 Å². The highest BCUT2D eigenvalue weighted by atomic mass is 32.1. The molecule has 4 heterocycles. The summed E-state index contributed by atoms with van der Waals surface area (Å²) in [4.78, 5) is 11.9. The number of aromatic nitrogens is 3. The van der Waals surface area contributed by atoms with Gasteiger partial charge in [-0.05, 0) is 81.2 Å². The van der Waals surface area contributed by atoms with Gasteiger partial charge in [-0.25, -0.2) is 4.98 Å². The van der Waals surface area contributed by atoms with Gasteiger partial charge in [0.25, 0.3) is 0 Å². The molecule has 1 aliphatic carbocycles. The molecule has 1 saturated heterocycles. The fourth-order valence-electron chi connectivity index (χ4n) is 5.31. The molecule has 0 radical (unpaired) electrons. The average Bonchev–Trinajstić information content (AvgIpc) is 3.48. The van der Waals surface area contributed by atoms with Gasteiger partial charge in [0.1, 0.15) is 5.82 Å². The number of thiocarbonyl (C=S) groups is 1. The van der Waals surface area contributed by atoms with Crippen molar-refractivity contribution in [3.63, 3.8) is 0 Å². The van der Waals surface area contributed by atoms with Gasteiger partial charge < -0.3 is 14.8 Å². The van der Waals surface area contributed by atoms with E-state index < -0.39 is 0 Å². The number of hydrogen-bond acceptors (Lipinski definition) is 3. The molecule has 0 aromatic carbocycles. The summed E-state index contributed by atoms with van der Waals surface area (Å²) >= 11 is 5.89. The van der Waals surface area contributed by atoms with E-state index in [9.17, 15) is 0 Å². The molecule has 2 fully saturated rings. The number of pyridine rings is 2. The lowest BCUT2D eigenvalue weighted by Gasteiger charge is -2.33. The van der Waals surface area contributed by atoms with Gasteiger partial charge in [0, 0.05) is 29.8 Å². The quantitative estimate of drug-likeness (QED) is 0.582. The first-order valence-electron chi connectivity index (χ1n) is 11.2. The first kappa shape index (κ1) is 20.2. The van der Waals surface area contributed by atoms with Crippen LogP contribution in [0.15, 0.2) is 48.8 Å². The number of nitrogens with zero attached hydrogens (tertiary/aromatic N) is 4. The van der Waals surface area contributed by atoms with E-state index in [1.165, 1.54) is 48.2 Å². The van der Waals surface area contributed by atoms with Crippen molar-refractivity contribution in [3.05, 3.63) is 77.0 Å². The van der Waals surface area contributed by atoms with E-state index in [1.807, 2.05) is 18.5 Å². The van der Waals surface area contributed by atoms with Crippen molar-refractivity contribution < 1.29 is 0 Å². The predicted molar refractivity (Wildman–Crippen MR) is 127 cm³/mol. The van der Waals surface area contributed by atoms with Crippen LogP contribution < -0.4 is 5.32 Å². The Balaban J connectivity index is 1.63. The van der Waals surface area contributed by atoms with Gasteiger partial charge in [-0.15, -0.1) is 0 Å². The zero-order valence-electron chi connectivity index (χ0n) is 18.4. The standard InChI is InChI=1S/C25H29N5S/c1-16-11-12-22(27-15-16)29-17(2)14-20(18(29)3)24-23(21-10-6-7-13-26-21)28-25(31)30(24)19-8-4-5-9-19/h6-7,10-15,19,23-24H,4-5,8-9H2,1-3H3,(H,28,31)/t23-,24+/m0/s1. The van der Waals surface area contributed by atoms with E-state index in [2.05, 4.69) is 65.9 Å². The van der Waals surface area contributed by atoms with Crippen LogP contribution in [0.25, 0.3) is 5.82 Å². The first-order valence-corrected chi connectivity index (χ1v) is 11.6. The summed E-state index contributed by atoms with van der Waals surface area (Å²) in [5, 5.41) is 4.47. The highest BCUT2D eigenvalue weighted by molar-refractivity contribution is 7.80. The van der Waals surface area contributed by atoms with Crippen LogP contribution in [-0.4, -0.2) is 30.6 Å². The van der Waals surface area contributed by atoms with Crippen LogP contribution in [0, 0.1) is 20.8 Å². The molecule has 0 spiro atoms. The molecule has 0 bridgehead atoms. The van der Waals surface area contributed by atoms with Crippen molar-refractivity contribution >= 4 is 17.3 Å². The van der Waals surface area contributed by atoms with E-state index >= 15 is 0 Å². The zero-order chi connectivity index (χ0) is 21.5. The summed E-state index contributed by atoms with van der Waals surface area (Å²) in [6.45, 7) is 6.43.